The number of hydrogen-bond acceptors (Lipinski definition) is 5. The molecule has 0 radical (unpaired) electrons. The Kier molecular flexibility index (Phi) is 4.48. The van der Waals surface area contributed by atoms with Gasteiger partial charge < -0.3 is 15.1 Å². The standard InChI is InChI=1S/C23H18FN5O/c1-14-26-23(29-30-14)18-4-2-17(3-5-18)22-27-20(15-6-8-19(24)9-7-15)21(28-22)16-10-12-25-13-11-16/h2-14H,1H3,(H,26,29)(H,27,28). The van der Waals surface area contributed by atoms with Crippen LogP contribution >= 0.6 is 0 Å². The number of aromatic amines is 1. The van der Waals surface area contributed by atoms with Crippen LogP contribution in [-0.2, 0) is 4.84 Å². The molecule has 0 saturated carbocycles. The Labute approximate surface area is 172 Å². The lowest BCUT2D eigenvalue weighted by atomic mass is 10.1. The van der Waals surface area contributed by atoms with Gasteiger partial charge in [0, 0.05) is 34.6 Å². The summed E-state index contributed by atoms with van der Waals surface area (Å²) in [6.07, 6.45) is 3.33. The van der Waals surface area contributed by atoms with Crippen molar-refractivity contribution in [3.8, 4) is 33.9 Å². The molecule has 0 amide bonds. The number of imidazole rings is 1. The summed E-state index contributed by atoms with van der Waals surface area (Å²) in [6, 6.07) is 18.1. The summed E-state index contributed by atoms with van der Waals surface area (Å²) in [5.41, 5.74) is 5.25. The van der Waals surface area contributed by atoms with E-state index in [1.54, 1.807) is 24.5 Å². The van der Waals surface area contributed by atoms with Crippen LogP contribution in [0, 0.1) is 5.82 Å². The van der Waals surface area contributed by atoms with Gasteiger partial charge in [-0.25, -0.2) is 9.37 Å². The number of hydrogen-bond donors (Lipinski definition) is 2. The van der Waals surface area contributed by atoms with E-state index in [0.29, 0.717) is 5.84 Å². The van der Waals surface area contributed by atoms with Gasteiger partial charge in [-0.2, -0.15) is 0 Å². The minimum absolute atomic E-state index is 0.133. The Balaban J connectivity index is 1.55. The molecule has 2 N–H and O–H groups in total. The molecule has 4 aromatic rings. The van der Waals surface area contributed by atoms with Gasteiger partial charge in [0.15, 0.2) is 12.1 Å². The fourth-order valence-corrected chi connectivity index (χ4v) is 3.35. The smallest absolute Gasteiger partial charge is 0.196 e. The molecule has 0 spiro atoms. The monoisotopic (exact) mass is 399 g/mol. The molecule has 2 aromatic carbocycles. The van der Waals surface area contributed by atoms with E-state index in [-0.39, 0.29) is 12.0 Å². The van der Waals surface area contributed by atoms with Crippen LogP contribution < -0.4 is 5.32 Å². The number of halogens is 1. The van der Waals surface area contributed by atoms with Gasteiger partial charge in [0.1, 0.15) is 11.6 Å². The number of nitrogens with zero attached hydrogens (tertiary/aromatic N) is 3. The lowest BCUT2D eigenvalue weighted by Gasteiger charge is -2.04. The Hall–Kier alpha value is -4.00. The maximum absolute atomic E-state index is 13.4. The molecule has 148 valence electrons. The molecule has 7 heteroatoms. The van der Waals surface area contributed by atoms with E-state index in [4.69, 9.17) is 9.82 Å². The van der Waals surface area contributed by atoms with E-state index in [9.17, 15) is 4.39 Å². The van der Waals surface area contributed by atoms with Crippen molar-refractivity contribution >= 4 is 5.84 Å². The summed E-state index contributed by atoms with van der Waals surface area (Å²) < 4.78 is 13.4. The molecular formula is C23H18FN5O. The Bertz CT molecular complexity index is 1200. The van der Waals surface area contributed by atoms with Crippen LogP contribution in [0.4, 0.5) is 4.39 Å². The summed E-state index contributed by atoms with van der Waals surface area (Å²) in [4.78, 5) is 17.5. The predicted octanol–water partition coefficient (Wildman–Crippen LogP) is 4.57. The van der Waals surface area contributed by atoms with Gasteiger partial charge in [0.2, 0.25) is 0 Å². The normalized spacial score (nSPS) is 15.4. The molecule has 1 aliphatic heterocycles. The number of benzene rings is 2. The molecule has 0 bridgehead atoms. The lowest BCUT2D eigenvalue weighted by molar-refractivity contribution is 0.0874. The van der Waals surface area contributed by atoms with Gasteiger partial charge in [0.25, 0.3) is 0 Å². The zero-order chi connectivity index (χ0) is 20.5. The van der Waals surface area contributed by atoms with E-state index in [1.165, 1.54) is 12.1 Å². The van der Waals surface area contributed by atoms with Gasteiger partial charge >= 0.3 is 0 Å². The summed E-state index contributed by atoms with van der Waals surface area (Å²) in [5.74, 6) is 1.15. The molecule has 6 nitrogen and oxygen atoms in total. The van der Waals surface area contributed by atoms with Crippen molar-refractivity contribution in [3.05, 3.63) is 84.4 Å². The molecule has 0 aliphatic carbocycles. The Morgan fingerprint density at radius 3 is 2.17 bits per heavy atom. The van der Waals surface area contributed by atoms with Crippen molar-refractivity contribution in [3.63, 3.8) is 0 Å². The number of amidine groups is 1. The average molecular weight is 399 g/mol. The van der Waals surface area contributed by atoms with Crippen LogP contribution in [0.2, 0.25) is 0 Å². The van der Waals surface area contributed by atoms with E-state index in [0.717, 1.165) is 39.5 Å². The molecule has 1 atom stereocenters. The largest absolute Gasteiger partial charge is 0.369 e. The number of rotatable bonds is 4. The van der Waals surface area contributed by atoms with E-state index in [2.05, 4.69) is 20.4 Å². The van der Waals surface area contributed by atoms with Crippen molar-refractivity contribution in [2.24, 2.45) is 5.16 Å². The second-order valence-electron chi connectivity index (χ2n) is 6.96. The van der Waals surface area contributed by atoms with E-state index >= 15 is 0 Å². The van der Waals surface area contributed by atoms with Crippen LogP contribution in [0.15, 0.2) is 78.2 Å². The topological polar surface area (TPSA) is 75.2 Å². The number of nitrogens with one attached hydrogen (secondary N) is 2. The third kappa shape index (κ3) is 3.41. The summed E-state index contributed by atoms with van der Waals surface area (Å²) in [5, 5.41) is 7.20. The molecule has 0 saturated heterocycles. The van der Waals surface area contributed by atoms with Crippen molar-refractivity contribution in [2.45, 2.75) is 13.2 Å². The highest BCUT2D eigenvalue weighted by Crippen LogP contribution is 2.33. The minimum atomic E-state index is -0.280. The molecule has 30 heavy (non-hydrogen) atoms. The quantitative estimate of drug-likeness (QED) is 0.527. The highest BCUT2D eigenvalue weighted by molar-refractivity contribution is 5.99. The first kappa shape index (κ1) is 18.1. The molecule has 0 fully saturated rings. The molecule has 2 aromatic heterocycles. The Morgan fingerprint density at radius 1 is 0.833 bits per heavy atom. The predicted molar refractivity (Wildman–Crippen MR) is 113 cm³/mol. The highest BCUT2D eigenvalue weighted by atomic mass is 19.1. The van der Waals surface area contributed by atoms with Crippen molar-refractivity contribution < 1.29 is 9.23 Å². The van der Waals surface area contributed by atoms with Crippen molar-refractivity contribution in [2.75, 3.05) is 0 Å². The second kappa shape index (κ2) is 7.44. The SMILES string of the molecule is CC1NC(c2ccc(-c3nc(-c4ccc(F)cc4)c(-c4ccncc4)[nH]3)cc2)=NO1. The molecular weight excluding hydrogens is 381 g/mol. The first-order chi connectivity index (χ1) is 14.7. The summed E-state index contributed by atoms with van der Waals surface area (Å²) in [7, 11) is 0. The van der Waals surface area contributed by atoms with E-state index < -0.39 is 0 Å². The van der Waals surface area contributed by atoms with Crippen molar-refractivity contribution in [1.29, 1.82) is 0 Å². The summed E-state index contributed by atoms with van der Waals surface area (Å²) in [6.45, 7) is 1.89. The number of pyridine rings is 1. The van der Waals surface area contributed by atoms with Crippen LogP contribution in [0.3, 0.4) is 0 Å². The second-order valence-corrected chi connectivity index (χ2v) is 6.96. The zero-order valence-electron chi connectivity index (χ0n) is 16.1. The maximum atomic E-state index is 13.4. The average Bonchev–Trinajstić information content (AvgIpc) is 3.42. The van der Waals surface area contributed by atoms with Crippen LogP contribution in [-0.4, -0.2) is 27.0 Å². The van der Waals surface area contributed by atoms with E-state index in [1.807, 2.05) is 43.3 Å². The van der Waals surface area contributed by atoms with Crippen LogP contribution in [0.1, 0.15) is 12.5 Å². The third-order valence-corrected chi connectivity index (χ3v) is 4.86. The minimum Gasteiger partial charge on any atom is -0.369 e. The molecule has 1 unspecified atom stereocenters. The Morgan fingerprint density at radius 2 is 1.50 bits per heavy atom. The van der Waals surface area contributed by atoms with Crippen LogP contribution in [0.5, 0.6) is 0 Å². The van der Waals surface area contributed by atoms with Crippen LogP contribution in [0.25, 0.3) is 33.9 Å². The van der Waals surface area contributed by atoms with Crippen molar-refractivity contribution in [1.82, 2.24) is 20.3 Å². The first-order valence-corrected chi connectivity index (χ1v) is 9.55. The highest BCUT2D eigenvalue weighted by Gasteiger charge is 2.18. The zero-order valence-corrected chi connectivity index (χ0v) is 16.1. The van der Waals surface area contributed by atoms with Gasteiger partial charge in [-0.1, -0.05) is 29.4 Å². The maximum Gasteiger partial charge on any atom is 0.196 e. The van der Waals surface area contributed by atoms with Gasteiger partial charge in [-0.3, -0.25) is 4.98 Å². The van der Waals surface area contributed by atoms with Gasteiger partial charge in [-0.15, -0.1) is 0 Å². The lowest BCUT2D eigenvalue weighted by Crippen LogP contribution is -2.26. The third-order valence-electron chi connectivity index (χ3n) is 4.86. The summed E-state index contributed by atoms with van der Waals surface area (Å²) >= 11 is 0. The van der Waals surface area contributed by atoms with Gasteiger partial charge in [0.05, 0.1) is 11.4 Å². The number of aromatic nitrogens is 3. The fourth-order valence-electron chi connectivity index (χ4n) is 3.35. The molecule has 3 heterocycles. The molecule has 1 aliphatic rings. The first-order valence-electron chi connectivity index (χ1n) is 9.55. The number of oxime groups is 1. The fraction of sp³-hybridized carbons (Fsp3) is 0.0870. The van der Waals surface area contributed by atoms with Gasteiger partial charge in [-0.05, 0) is 43.3 Å². The number of H-pyrrole nitrogens is 1. The molecule has 5 rings (SSSR count).